The zero-order valence-corrected chi connectivity index (χ0v) is 15.8. The third kappa shape index (κ3) is 3.65. The lowest BCUT2D eigenvalue weighted by molar-refractivity contribution is 0.0324. The van der Waals surface area contributed by atoms with Gasteiger partial charge < -0.3 is 10.1 Å². The Kier molecular flexibility index (Phi) is 5.30. The number of carbonyl (C=O) groups excluding carboxylic acids is 1. The molecule has 1 aliphatic heterocycles. The summed E-state index contributed by atoms with van der Waals surface area (Å²) in [5, 5.41) is 12.6. The van der Waals surface area contributed by atoms with Gasteiger partial charge in [0.2, 0.25) is 0 Å². The number of aliphatic hydroxyl groups is 1. The van der Waals surface area contributed by atoms with Gasteiger partial charge in [0.1, 0.15) is 6.10 Å². The van der Waals surface area contributed by atoms with Crippen LogP contribution in [0.4, 0.5) is 0 Å². The molecular formula is C22H23ClN2O2. The molecule has 1 aromatic heterocycles. The molecule has 4 rings (SSSR count). The third-order valence-corrected chi connectivity index (χ3v) is 5.67. The van der Waals surface area contributed by atoms with Crippen molar-refractivity contribution < 1.29 is 9.90 Å². The third-order valence-electron chi connectivity index (χ3n) is 5.42. The first-order valence-corrected chi connectivity index (χ1v) is 9.81. The van der Waals surface area contributed by atoms with Crippen LogP contribution in [0.3, 0.4) is 0 Å². The fourth-order valence-corrected chi connectivity index (χ4v) is 4.15. The van der Waals surface area contributed by atoms with Gasteiger partial charge in [0.05, 0.1) is 6.04 Å². The lowest BCUT2D eigenvalue weighted by atomic mass is 9.92. The van der Waals surface area contributed by atoms with E-state index in [9.17, 15) is 9.90 Å². The predicted octanol–water partition coefficient (Wildman–Crippen LogP) is 4.59. The Morgan fingerprint density at radius 2 is 1.74 bits per heavy atom. The number of H-pyrrole nitrogens is 1. The number of hydrogen-bond donors (Lipinski definition) is 2. The lowest BCUT2D eigenvalue weighted by Crippen LogP contribution is -2.43. The number of para-hydroxylation sites is 1. The van der Waals surface area contributed by atoms with E-state index in [1.54, 1.807) is 6.20 Å². The molecule has 2 N–H and O–H groups in total. The highest BCUT2D eigenvalue weighted by atomic mass is 35.5. The first kappa shape index (κ1) is 18.2. The van der Waals surface area contributed by atoms with Crippen LogP contribution < -0.4 is 0 Å². The van der Waals surface area contributed by atoms with Gasteiger partial charge in [-0.2, -0.15) is 0 Å². The number of nitrogens with zero attached hydrogens (tertiary/aromatic N) is 1. The van der Waals surface area contributed by atoms with Crippen LogP contribution in [0.5, 0.6) is 0 Å². The molecule has 0 spiro atoms. The normalized spacial score (nSPS) is 17.7. The van der Waals surface area contributed by atoms with E-state index in [1.807, 2.05) is 48.5 Å². The molecule has 0 unspecified atom stereocenters. The highest BCUT2D eigenvalue weighted by molar-refractivity contribution is 6.30. The topological polar surface area (TPSA) is 56.3 Å². The number of halogens is 1. The zero-order chi connectivity index (χ0) is 18.8. The Labute approximate surface area is 163 Å². The summed E-state index contributed by atoms with van der Waals surface area (Å²) in [5.41, 5.74) is 2.35. The van der Waals surface area contributed by atoms with Gasteiger partial charge in [0.15, 0.2) is 5.78 Å². The first-order valence-electron chi connectivity index (χ1n) is 9.43. The van der Waals surface area contributed by atoms with Crippen LogP contribution in [-0.4, -0.2) is 40.0 Å². The molecule has 2 atom stereocenters. The van der Waals surface area contributed by atoms with Crippen LogP contribution >= 0.6 is 11.6 Å². The zero-order valence-electron chi connectivity index (χ0n) is 15.1. The minimum Gasteiger partial charge on any atom is -0.383 e. The molecule has 27 heavy (non-hydrogen) atoms. The Bertz CT molecular complexity index is 929. The van der Waals surface area contributed by atoms with E-state index < -0.39 is 6.10 Å². The summed E-state index contributed by atoms with van der Waals surface area (Å²) in [7, 11) is 0. The van der Waals surface area contributed by atoms with Crippen molar-refractivity contribution in [3.63, 3.8) is 0 Å². The predicted molar refractivity (Wildman–Crippen MR) is 108 cm³/mol. The quantitative estimate of drug-likeness (QED) is 0.634. The van der Waals surface area contributed by atoms with Gasteiger partial charge in [0, 0.05) is 27.7 Å². The monoisotopic (exact) mass is 382 g/mol. The molecule has 1 aliphatic rings. The number of Topliss-reactive ketones (excluding diaryl/α,β-unsaturated/α-hetero) is 1. The summed E-state index contributed by atoms with van der Waals surface area (Å²) in [5.74, 6) is -0.252. The average Bonchev–Trinajstić information content (AvgIpc) is 3.14. The van der Waals surface area contributed by atoms with E-state index in [2.05, 4.69) is 9.88 Å². The number of aromatic amines is 1. The van der Waals surface area contributed by atoms with Gasteiger partial charge in [-0.3, -0.25) is 9.69 Å². The van der Waals surface area contributed by atoms with Crippen molar-refractivity contribution >= 4 is 28.3 Å². The van der Waals surface area contributed by atoms with Crippen LogP contribution in [-0.2, 0) is 0 Å². The van der Waals surface area contributed by atoms with E-state index in [0.717, 1.165) is 42.4 Å². The lowest BCUT2D eigenvalue weighted by Gasteiger charge is -2.37. The molecule has 5 heteroatoms. The van der Waals surface area contributed by atoms with Gasteiger partial charge in [-0.05, 0) is 49.7 Å². The Balaban J connectivity index is 1.69. The Hall–Kier alpha value is -2.14. The molecule has 0 radical (unpaired) electrons. The first-order chi connectivity index (χ1) is 13.1. The molecule has 0 amide bonds. The highest BCUT2D eigenvalue weighted by Gasteiger charge is 2.34. The van der Waals surface area contributed by atoms with Crippen molar-refractivity contribution in [2.45, 2.75) is 31.4 Å². The number of aliphatic hydroxyl groups excluding tert-OH is 1. The number of carbonyl (C=O) groups is 1. The average molecular weight is 383 g/mol. The van der Waals surface area contributed by atoms with Crippen molar-refractivity contribution in [1.29, 1.82) is 0 Å². The molecule has 1 saturated heterocycles. The Morgan fingerprint density at radius 3 is 2.48 bits per heavy atom. The minimum absolute atomic E-state index is 0.252. The number of nitrogens with one attached hydrogen (secondary N) is 1. The fraction of sp³-hybridized carbons (Fsp3) is 0.318. The number of ketones is 1. The second-order valence-corrected chi connectivity index (χ2v) is 7.59. The molecule has 0 aliphatic carbocycles. The number of aromatic nitrogens is 1. The van der Waals surface area contributed by atoms with Crippen LogP contribution in [0.25, 0.3) is 10.9 Å². The number of likely N-dealkylation sites (tertiary alicyclic amines) is 1. The summed E-state index contributed by atoms with van der Waals surface area (Å²) in [4.78, 5) is 18.6. The van der Waals surface area contributed by atoms with E-state index >= 15 is 0 Å². The molecule has 140 valence electrons. The number of fused-ring (bicyclic) bond motifs is 1. The summed E-state index contributed by atoms with van der Waals surface area (Å²) >= 11 is 6.04. The SMILES string of the molecule is O=C(c1c[nH]c2ccccc12)[C@@H](O)[C@H](c1ccc(Cl)cc1)N1CCCCC1. The number of rotatable bonds is 5. The van der Waals surface area contributed by atoms with E-state index in [4.69, 9.17) is 11.6 Å². The van der Waals surface area contributed by atoms with E-state index in [1.165, 1.54) is 6.42 Å². The molecule has 3 aromatic rings. The summed E-state index contributed by atoms with van der Waals surface area (Å²) in [6, 6.07) is 14.7. The summed E-state index contributed by atoms with van der Waals surface area (Å²) < 4.78 is 0. The largest absolute Gasteiger partial charge is 0.383 e. The molecule has 2 aromatic carbocycles. The second-order valence-electron chi connectivity index (χ2n) is 7.15. The maximum atomic E-state index is 13.2. The van der Waals surface area contributed by atoms with Crippen molar-refractivity contribution in [3.8, 4) is 0 Å². The standard InChI is InChI=1S/C22H23ClN2O2/c23-16-10-8-15(9-11-16)20(25-12-4-1-5-13-25)22(27)21(26)18-14-24-19-7-3-2-6-17(18)19/h2-3,6-11,14,20,22,24,27H,1,4-5,12-13H2/t20-,22-/m0/s1. The maximum Gasteiger partial charge on any atom is 0.195 e. The van der Waals surface area contributed by atoms with Crippen LogP contribution in [0.2, 0.25) is 5.02 Å². The van der Waals surface area contributed by atoms with Crippen molar-refractivity contribution in [2.75, 3.05) is 13.1 Å². The summed E-state index contributed by atoms with van der Waals surface area (Å²) in [6.07, 6.45) is 3.92. The molecule has 0 bridgehead atoms. The van der Waals surface area contributed by atoms with Gasteiger partial charge in [-0.15, -0.1) is 0 Å². The van der Waals surface area contributed by atoms with E-state index in [0.29, 0.717) is 10.6 Å². The van der Waals surface area contributed by atoms with Gasteiger partial charge in [-0.25, -0.2) is 0 Å². The van der Waals surface area contributed by atoms with Crippen molar-refractivity contribution in [2.24, 2.45) is 0 Å². The van der Waals surface area contributed by atoms with E-state index in [-0.39, 0.29) is 11.8 Å². The number of benzene rings is 2. The molecule has 2 heterocycles. The number of hydrogen-bond acceptors (Lipinski definition) is 3. The number of piperidine rings is 1. The van der Waals surface area contributed by atoms with Gasteiger partial charge in [-0.1, -0.05) is 48.4 Å². The Morgan fingerprint density at radius 1 is 1.04 bits per heavy atom. The molecule has 1 fully saturated rings. The van der Waals surface area contributed by atoms with Crippen LogP contribution in [0.15, 0.2) is 54.7 Å². The smallest absolute Gasteiger partial charge is 0.195 e. The molecule has 0 saturated carbocycles. The van der Waals surface area contributed by atoms with Crippen LogP contribution in [0.1, 0.15) is 41.2 Å². The fourth-order valence-electron chi connectivity index (χ4n) is 4.03. The highest BCUT2D eigenvalue weighted by Crippen LogP contribution is 2.31. The molecular weight excluding hydrogens is 360 g/mol. The van der Waals surface area contributed by atoms with Crippen LogP contribution in [0, 0.1) is 0 Å². The van der Waals surface area contributed by atoms with Gasteiger partial charge >= 0.3 is 0 Å². The van der Waals surface area contributed by atoms with Crippen molar-refractivity contribution in [3.05, 3.63) is 70.9 Å². The second kappa shape index (κ2) is 7.85. The van der Waals surface area contributed by atoms with Gasteiger partial charge in [0.25, 0.3) is 0 Å². The summed E-state index contributed by atoms with van der Waals surface area (Å²) in [6.45, 7) is 1.76. The minimum atomic E-state index is -1.14. The molecule has 4 nitrogen and oxygen atoms in total. The maximum absolute atomic E-state index is 13.2. The van der Waals surface area contributed by atoms with Crippen molar-refractivity contribution in [1.82, 2.24) is 9.88 Å².